The third-order valence-electron chi connectivity index (χ3n) is 4.98. The van der Waals surface area contributed by atoms with Crippen molar-refractivity contribution >= 4 is 23.4 Å². The number of ether oxygens (including phenoxy) is 1. The van der Waals surface area contributed by atoms with Crippen LogP contribution < -0.4 is 10.1 Å². The molecule has 0 spiro atoms. The zero-order valence-electron chi connectivity index (χ0n) is 14.8. The fourth-order valence-corrected chi connectivity index (χ4v) is 3.50. The number of methoxy groups -OCH3 is 1. The van der Waals surface area contributed by atoms with Gasteiger partial charge in [0.25, 0.3) is 11.8 Å². The van der Waals surface area contributed by atoms with Gasteiger partial charge in [-0.3, -0.25) is 14.4 Å². The Morgan fingerprint density at radius 2 is 1.81 bits per heavy atom. The summed E-state index contributed by atoms with van der Waals surface area (Å²) in [5.74, 6) is 0.0354. The summed E-state index contributed by atoms with van der Waals surface area (Å²) in [6, 6.07) is 13.1. The molecule has 4 rings (SSSR count). The van der Waals surface area contributed by atoms with E-state index in [0.717, 1.165) is 0 Å². The maximum Gasteiger partial charge on any atom is 0.256 e. The van der Waals surface area contributed by atoms with Gasteiger partial charge >= 0.3 is 0 Å². The van der Waals surface area contributed by atoms with Crippen molar-refractivity contribution in [3.05, 3.63) is 59.7 Å². The molecule has 0 aromatic heterocycles. The van der Waals surface area contributed by atoms with E-state index < -0.39 is 6.04 Å². The normalized spacial score (nSPS) is 18.9. The van der Waals surface area contributed by atoms with Crippen molar-refractivity contribution < 1.29 is 19.1 Å². The molecule has 1 fully saturated rings. The van der Waals surface area contributed by atoms with Crippen molar-refractivity contribution in [3.63, 3.8) is 0 Å². The highest BCUT2D eigenvalue weighted by Crippen LogP contribution is 2.25. The predicted octanol–water partition coefficient (Wildman–Crippen LogP) is 1.61. The van der Waals surface area contributed by atoms with Gasteiger partial charge in [-0.05, 0) is 36.4 Å². The van der Waals surface area contributed by atoms with Gasteiger partial charge in [0.05, 0.1) is 24.9 Å². The molecule has 7 heteroatoms. The maximum absolute atomic E-state index is 12.8. The maximum atomic E-state index is 12.8. The third-order valence-corrected chi connectivity index (χ3v) is 4.98. The van der Waals surface area contributed by atoms with Crippen LogP contribution in [0.3, 0.4) is 0 Å². The van der Waals surface area contributed by atoms with Gasteiger partial charge in [-0.15, -0.1) is 0 Å². The SMILES string of the molecule is COc1ccc(C(=O)N2CCN3C(=O)c4ccccc4NC(=O)C3C2)cc1. The molecule has 27 heavy (non-hydrogen) atoms. The van der Waals surface area contributed by atoms with Crippen molar-refractivity contribution in [2.45, 2.75) is 6.04 Å². The summed E-state index contributed by atoms with van der Waals surface area (Å²) in [4.78, 5) is 41.5. The molecule has 1 atom stereocenters. The predicted molar refractivity (Wildman–Crippen MR) is 98.8 cm³/mol. The number of amides is 3. The molecule has 2 aliphatic rings. The lowest BCUT2D eigenvalue weighted by Gasteiger charge is -2.39. The molecule has 2 aromatic rings. The summed E-state index contributed by atoms with van der Waals surface area (Å²) in [7, 11) is 1.57. The Kier molecular flexibility index (Phi) is 4.27. The molecule has 1 N–H and O–H groups in total. The van der Waals surface area contributed by atoms with E-state index >= 15 is 0 Å². The number of para-hydroxylation sites is 1. The molecule has 0 bridgehead atoms. The monoisotopic (exact) mass is 365 g/mol. The molecular weight excluding hydrogens is 346 g/mol. The molecule has 1 unspecified atom stereocenters. The van der Waals surface area contributed by atoms with Gasteiger partial charge in [-0.2, -0.15) is 0 Å². The number of nitrogens with zero attached hydrogens (tertiary/aromatic N) is 2. The van der Waals surface area contributed by atoms with E-state index in [9.17, 15) is 14.4 Å². The number of carbonyl (C=O) groups excluding carboxylic acids is 3. The van der Waals surface area contributed by atoms with Crippen molar-refractivity contribution in [3.8, 4) is 5.75 Å². The quantitative estimate of drug-likeness (QED) is 0.877. The zero-order chi connectivity index (χ0) is 19.0. The molecule has 138 valence electrons. The number of fused-ring (bicyclic) bond motifs is 2. The van der Waals surface area contributed by atoms with E-state index in [-0.39, 0.29) is 24.3 Å². The summed E-state index contributed by atoms with van der Waals surface area (Å²) in [6.45, 7) is 0.853. The van der Waals surface area contributed by atoms with Crippen LogP contribution in [0, 0.1) is 0 Å². The molecule has 0 saturated carbocycles. The minimum atomic E-state index is -0.708. The van der Waals surface area contributed by atoms with E-state index in [1.165, 1.54) is 0 Å². The number of piperazine rings is 1. The van der Waals surface area contributed by atoms with Crippen LogP contribution in [0.4, 0.5) is 5.69 Å². The molecule has 2 aromatic carbocycles. The van der Waals surface area contributed by atoms with E-state index in [0.29, 0.717) is 35.7 Å². The Bertz CT molecular complexity index is 910. The van der Waals surface area contributed by atoms with E-state index in [1.54, 1.807) is 65.4 Å². The van der Waals surface area contributed by atoms with Crippen molar-refractivity contribution in [2.24, 2.45) is 0 Å². The fourth-order valence-electron chi connectivity index (χ4n) is 3.50. The van der Waals surface area contributed by atoms with Crippen LogP contribution in [0.5, 0.6) is 5.75 Å². The third kappa shape index (κ3) is 3.01. The summed E-state index contributed by atoms with van der Waals surface area (Å²) < 4.78 is 5.11. The van der Waals surface area contributed by atoms with Gasteiger partial charge in [0.1, 0.15) is 11.8 Å². The van der Waals surface area contributed by atoms with Crippen LogP contribution >= 0.6 is 0 Å². The van der Waals surface area contributed by atoms with Crippen molar-refractivity contribution in [1.29, 1.82) is 0 Å². The second-order valence-corrected chi connectivity index (χ2v) is 6.53. The Labute approximate surface area is 156 Å². The van der Waals surface area contributed by atoms with E-state index in [1.807, 2.05) is 0 Å². The largest absolute Gasteiger partial charge is 0.497 e. The first-order valence-electron chi connectivity index (χ1n) is 8.72. The number of carbonyl (C=O) groups is 3. The first kappa shape index (κ1) is 17.1. The lowest BCUT2D eigenvalue weighted by molar-refractivity contribution is -0.121. The summed E-state index contributed by atoms with van der Waals surface area (Å²) in [6.07, 6.45) is 0. The summed E-state index contributed by atoms with van der Waals surface area (Å²) in [5, 5.41) is 2.81. The Balaban J connectivity index is 1.56. The molecule has 1 saturated heterocycles. The first-order chi connectivity index (χ1) is 13.1. The van der Waals surface area contributed by atoms with Crippen LogP contribution in [0.1, 0.15) is 20.7 Å². The van der Waals surface area contributed by atoms with Gasteiger partial charge in [0.15, 0.2) is 0 Å². The lowest BCUT2D eigenvalue weighted by Crippen LogP contribution is -2.59. The summed E-state index contributed by atoms with van der Waals surface area (Å²) >= 11 is 0. The van der Waals surface area contributed by atoms with Crippen molar-refractivity contribution in [1.82, 2.24) is 9.80 Å². The van der Waals surface area contributed by atoms with Crippen LogP contribution in [0.2, 0.25) is 0 Å². The standard InChI is InChI=1S/C20H19N3O4/c1-27-14-8-6-13(7-9-14)19(25)22-10-11-23-17(12-22)18(24)21-16-5-3-2-4-15(16)20(23)26/h2-9,17H,10-12H2,1H3,(H,21,24). The highest BCUT2D eigenvalue weighted by Gasteiger charge is 2.40. The molecular formula is C20H19N3O4. The second-order valence-electron chi connectivity index (χ2n) is 6.53. The van der Waals surface area contributed by atoms with Crippen LogP contribution in [-0.2, 0) is 4.79 Å². The van der Waals surface area contributed by atoms with Crippen LogP contribution in [0.25, 0.3) is 0 Å². The molecule has 2 aliphatic heterocycles. The van der Waals surface area contributed by atoms with E-state index in [4.69, 9.17) is 4.74 Å². The average Bonchev–Trinajstić information content (AvgIpc) is 2.82. The van der Waals surface area contributed by atoms with Crippen molar-refractivity contribution in [2.75, 3.05) is 32.1 Å². The number of anilines is 1. The van der Waals surface area contributed by atoms with Gasteiger partial charge in [0, 0.05) is 18.7 Å². The number of nitrogens with one attached hydrogen (secondary N) is 1. The van der Waals surface area contributed by atoms with Gasteiger partial charge < -0.3 is 19.9 Å². The average molecular weight is 365 g/mol. The Morgan fingerprint density at radius 1 is 1.07 bits per heavy atom. The van der Waals surface area contributed by atoms with Gasteiger partial charge in [-0.25, -0.2) is 0 Å². The van der Waals surface area contributed by atoms with Crippen LogP contribution in [0.15, 0.2) is 48.5 Å². The minimum absolute atomic E-state index is 0.163. The Hall–Kier alpha value is -3.35. The smallest absolute Gasteiger partial charge is 0.256 e. The number of benzene rings is 2. The first-order valence-corrected chi connectivity index (χ1v) is 8.72. The van der Waals surface area contributed by atoms with Gasteiger partial charge in [0.2, 0.25) is 5.91 Å². The van der Waals surface area contributed by atoms with Gasteiger partial charge in [-0.1, -0.05) is 12.1 Å². The summed E-state index contributed by atoms with van der Waals surface area (Å²) in [5.41, 5.74) is 1.51. The lowest BCUT2D eigenvalue weighted by atomic mass is 10.1. The molecule has 7 nitrogen and oxygen atoms in total. The molecule has 3 amide bonds. The zero-order valence-corrected chi connectivity index (χ0v) is 14.8. The Morgan fingerprint density at radius 3 is 2.56 bits per heavy atom. The topological polar surface area (TPSA) is 79.0 Å². The fraction of sp³-hybridized carbons (Fsp3) is 0.250. The second kappa shape index (κ2) is 6.75. The molecule has 2 heterocycles. The minimum Gasteiger partial charge on any atom is -0.497 e. The highest BCUT2D eigenvalue weighted by molar-refractivity contribution is 6.10. The van der Waals surface area contributed by atoms with E-state index in [2.05, 4.69) is 5.32 Å². The highest BCUT2D eigenvalue weighted by atomic mass is 16.5. The number of hydrogen-bond donors (Lipinski definition) is 1. The number of hydrogen-bond acceptors (Lipinski definition) is 4. The molecule has 0 aliphatic carbocycles. The van der Waals surface area contributed by atoms with Crippen LogP contribution in [-0.4, -0.2) is 60.3 Å². The molecule has 0 radical (unpaired) electrons. The number of rotatable bonds is 2.